The zero-order valence-electron chi connectivity index (χ0n) is 10.2. The molecule has 0 radical (unpaired) electrons. The van der Waals surface area contributed by atoms with Crippen LogP contribution in [-0.2, 0) is 0 Å². The predicted molar refractivity (Wildman–Crippen MR) is 70.7 cm³/mol. The van der Waals surface area contributed by atoms with Crippen molar-refractivity contribution in [3.05, 3.63) is 53.7 Å². The minimum atomic E-state index is -1.02. The van der Waals surface area contributed by atoms with Gasteiger partial charge in [-0.3, -0.25) is 4.79 Å². The minimum Gasteiger partial charge on any atom is -0.508 e. The van der Waals surface area contributed by atoms with Gasteiger partial charge in [-0.1, -0.05) is 12.1 Å². The van der Waals surface area contributed by atoms with Crippen LogP contribution < -0.4 is 0 Å². The first-order chi connectivity index (χ1) is 9.61. The summed E-state index contributed by atoms with van der Waals surface area (Å²) in [6.45, 7) is 0. The quantitative estimate of drug-likeness (QED) is 0.700. The van der Waals surface area contributed by atoms with Crippen LogP contribution in [-0.4, -0.2) is 16.4 Å². The van der Waals surface area contributed by atoms with Crippen LogP contribution in [0.25, 0.3) is 22.0 Å². The second-order valence-electron chi connectivity index (χ2n) is 4.38. The molecule has 2 N–H and O–H groups in total. The van der Waals surface area contributed by atoms with Crippen molar-refractivity contribution in [2.75, 3.05) is 0 Å². The third-order valence-corrected chi connectivity index (χ3v) is 3.16. The maximum Gasteiger partial charge on any atom is 0.166 e. The van der Waals surface area contributed by atoms with Gasteiger partial charge in [0.2, 0.25) is 0 Å². The molecule has 0 unspecified atom stereocenters. The smallest absolute Gasteiger partial charge is 0.166 e. The third-order valence-electron chi connectivity index (χ3n) is 3.16. The molecule has 2 aromatic carbocycles. The number of aromatic amines is 1. The van der Waals surface area contributed by atoms with Crippen molar-refractivity contribution in [1.82, 2.24) is 4.98 Å². The Labute approximate surface area is 112 Å². The van der Waals surface area contributed by atoms with Gasteiger partial charge >= 0.3 is 0 Å². The number of H-pyrrole nitrogens is 1. The molecular weight excluding hydrogens is 264 g/mol. The maximum atomic E-state index is 13.9. The minimum absolute atomic E-state index is 0.00593. The summed E-state index contributed by atoms with van der Waals surface area (Å²) in [5.41, 5.74) is 1.05. The Hall–Kier alpha value is -2.69. The fraction of sp³-hybridized carbons (Fsp3) is 0. The van der Waals surface area contributed by atoms with Gasteiger partial charge in [0, 0.05) is 28.8 Å². The summed E-state index contributed by atoms with van der Waals surface area (Å²) >= 11 is 0. The number of carbonyl (C=O) groups excluding carboxylic acids is 1. The molecule has 3 nitrogen and oxygen atoms in total. The van der Waals surface area contributed by atoms with Crippen LogP contribution in [0.2, 0.25) is 0 Å². The highest BCUT2D eigenvalue weighted by molar-refractivity contribution is 6.06. The molecule has 0 bridgehead atoms. The average Bonchev–Trinajstić information content (AvgIpc) is 2.84. The molecule has 0 spiro atoms. The van der Waals surface area contributed by atoms with Crippen molar-refractivity contribution in [1.29, 1.82) is 0 Å². The first kappa shape index (κ1) is 12.3. The number of aromatic nitrogens is 1. The van der Waals surface area contributed by atoms with Crippen molar-refractivity contribution in [2.24, 2.45) is 0 Å². The van der Waals surface area contributed by atoms with Crippen molar-refractivity contribution < 1.29 is 18.7 Å². The summed E-state index contributed by atoms with van der Waals surface area (Å²) in [7, 11) is 0. The molecule has 0 saturated heterocycles. The fourth-order valence-electron chi connectivity index (χ4n) is 2.30. The highest BCUT2D eigenvalue weighted by Gasteiger charge is 2.16. The van der Waals surface area contributed by atoms with E-state index in [1.807, 2.05) is 0 Å². The molecule has 0 atom stereocenters. The van der Waals surface area contributed by atoms with E-state index in [0.717, 1.165) is 6.07 Å². The SMILES string of the molecule is O=Cc1c[nH]c2cc(O)cc(-c3cccc(F)c3F)c12. The van der Waals surface area contributed by atoms with E-state index < -0.39 is 11.6 Å². The van der Waals surface area contributed by atoms with Crippen molar-refractivity contribution >= 4 is 17.2 Å². The first-order valence-corrected chi connectivity index (χ1v) is 5.85. The fourth-order valence-corrected chi connectivity index (χ4v) is 2.30. The predicted octanol–water partition coefficient (Wildman–Crippen LogP) is 3.63. The lowest BCUT2D eigenvalue weighted by Gasteiger charge is -2.07. The van der Waals surface area contributed by atoms with Crippen molar-refractivity contribution in [3.63, 3.8) is 0 Å². The summed E-state index contributed by atoms with van der Waals surface area (Å²) < 4.78 is 27.3. The van der Waals surface area contributed by atoms with Crippen LogP contribution in [0.3, 0.4) is 0 Å². The Balaban J connectivity index is 2.43. The lowest BCUT2D eigenvalue weighted by Crippen LogP contribution is -1.91. The lowest BCUT2D eigenvalue weighted by atomic mass is 9.98. The number of phenolic OH excluding ortho intramolecular Hbond substituents is 1. The van der Waals surface area contributed by atoms with E-state index in [0.29, 0.717) is 22.8 Å². The number of hydrogen-bond donors (Lipinski definition) is 2. The van der Waals surface area contributed by atoms with Gasteiger partial charge in [-0.05, 0) is 17.7 Å². The lowest BCUT2D eigenvalue weighted by molar-refractivity contribution is 0.112. The van der Waals surface area contributed by atoms with E-state index >= 15 is 0 Å². The normalized spacial score (nSPS) is 10.9. The van der Waals surface area contributed by atoms with Gasteiger partial charge in [0.05, 0.1) is 5.52 Å². The van der Waals surface area contributed by atoms with E-state index in [-0.39, 0.29) is 16.9 Å². The summed E-state index contributed by atoms with van der Waals surface area (Å²) in [5, 5.41) is 10.1. The van der Waals surface area contributed by atoms with Crippen molar-refractivity contribution in [3.8, 4) is 16.9 Å². The van der Waals surface area contributed by atoms with Crippen LogP contribution in [0.1, 0.15) is 10.4 Å². The summed E-state index contributed by atoms with van der Waals surface area (Å²) in [6.07, 6.45) is 2.08. The zero-order valence-corrected chi connectivity index (χ0v) is 10.2. The first-order valence-electron chi connectivity index (χ1n) is 5.85. The molecule has 100 valence electrons. The van der Waals surface area contributed by atoms with Crippen LogP contribution in [0.4, 0.5) is 8.78 Å². The molecule has 0 aliphatic rings. The number of aromatic hydroxyl groups is 1. The number of aldehydes is 1. The molecule has 0 aliphatic heterocycles. The Morgan fingerprint density at radius 2 is 1.95 bits per heavy atom. The Kier molecular flexibility index (Phi) is 2.75. The largest absolute Gasteiger partial charge is 0.508 e. The topological polar surface area (TPSA) is 53.1 Å². The monoisotopic (exact) mass is 273 g/mol. The number of halogens is 2. The summed E-state index contributed by atoms with van der Waals surface area (Å²) in [4.78, 5) is 13.9. The highest BCUT2D eigenvalue weighted by atomic mass is 19.2. The second-order valence-corrected chi connectivity index (χ2v) is 4.38. The van der Waals surface area contributed by atoms with Gasteiger partial charge in [0.1, 0.15) is 5.75 Å². The molecule has 0 amide bonds. The van der Waals surface area contributed by atoms with Gasteiger partial charge in [0.25, 0.3) is 0 Å². The number of rotatable bonds is 2. The van der Waals surface area contributed by atoms with E-state index in [2.05, 4.69) is 4.98 Å². The van der Waals surface area contributed by atoms with E-state index in [9.17, 15) is 18.7 Å². The molecule has 0 saturated carbocycles. The van der Waals surface area contributed by atoms with Gasteiger partial charge in [-0.15, -0.1) is 0 Å². The van der Waals surface area contributed by atoms with Crippen LogP contribution in [0.15, 0.2) is 36.5 Å². The Morgan fingerprint density at radius 1 is 1.15 bits per heavy atom. The molecule has 1 aromatic heterocycles. The van der Waals surface area contributed by atoms with Gasteiger partial charge < -0.3 is 10.1 Å². The van der Waals surface area contributed by atoms with E-state index in [1.54, 1.807) is 0 Å². The molecule has 0 aliphatic carbocycles. The maximum absolute atomic E-state index is 13.9. The molecule has 0 fully saturated rings. The molecule has 20 heavy (non-hydrogen) atoms. The van der Waals surface area contributed by atoms with Crippen LogP contribution in [0, 0.1) is 11.6 Å². The molecule has 1 heterocycles. The zero-order chi connectivity index (χ0) is 14.3. The standard InChI is InChI=1S/C15H9F2NO2/c16-12-3-1-2-10(15(12)17)11-4-9(20)5-13-14(11)8(7-19)6-18-13/h1-7,18,20H. The van der Waals surface area contributed by atoms with Crippen LogP contribution in [0.5, 0.6) is 5.75 Å². The van der Waals surface area contributed by atoms with Gasteiger partial charge in [-0.25, -0.2) is 8.78 Å². The molecule has 3 aromatic rings. The molecular formula is C15H9F2NO2. The Morgan fingerprint density at radius 3 is 2.70 bits per heavy atom. The number of hydrogen-bond acceptors (Lipinski definition) is 2. The van der Waals surface area contributed by atoms with E-state index in [1.165, 1.54) is 30.5 Å². The van der Waals surface area contributed by atoms with Gasteiger partial charge in [-0.2, -0.15) is 0 Å². The number of carbonyl (C=O) groups is 1. The Bertz CT molecular complexity index is 824. The second kappa shape index (κ2) is 4.45. The summed E-state index contributed by atoms with van der Waals surface area (Å²) in [6, 6.07) is 6.51. The highest BCUT2D eigenvalue weighted by Crippen LogP contribution is 2.35. The van der Waals surface area contributed by atoms with Crippen LogP contribution >= 0.6 is 0 Å². The average molecular weight is 273 g/mol. The third kappa shape index (κ3) is 1.75. The molecule has 5 heteroatoms. The number of benzene rings is 2. The van der Waals surface area contributed by atoms with Crippen molar-refractivity contribution in [2.45, 2.75) is 0 Å². The van der Waals surface area contributed by atoms with Gasteiger partial charge in [0.15, 0.2) is 17.9 Å². The molecule has 3 rings (SSSR count). The number of phenols is 1. The summed E-state index contributed by atoms with van der Waals surface area (Å²) in [5.74, 6) is -2.10. The number of fused-ring (bicyclic) bond motifs is 1. The van der Waals surface area contributed by atoms with E-state index in [4.69, 9.17) is 0 Å². The number of nitrogens with one attached hydrogen (secondary N) is 1.